The molecule has 3 aliphatic rings. The smallest absolute Gasteiger partial charge is 0.229 e. The van der Waals surface area contributed by atoms with Gasteiger partial charge < -0.3 is 54.7 Å². The van der Waals surface area contributed by atoms with Crippen LogP contribution < -0.4 is 4.74 Å². The van der Waals surface area contributed by atoms with Gasteiger partial charge in [0.15, 0.2) is 17.9 Å². The van der Waals surface area contributed by atoms with Gasteiger partial charge in [0.2, 0.25) is 6.29 Å². The number of ether oxygens (including phenoxy) is 4. The first kappa shape index (κ1) is 27.6. The molecule has 2 aliphatic heterocycles. The first-order valence-corrected chi connectivity index (χ1v) is 12.2. The number of carbonyl (C=O) groups is 2. The van der Waals surface area contributed by atoms with E-state index in [-0.39, 0.29) is 40.2 Å². The molecule has 0 amide bonds. The zero-order chi connectivity index (χ0) is 28.2. The number of fused-ring (bicyclic) bond motifs is 2. The van der Waals surface area contributed by atoms with Gasteiger partial charge >= 0.3 is 0 Å². The molecular weight excluding hydrogens is 520 g/mol. The van der Waals surface area contributed by atoms with E-state index < -0.39 is 79.2 Å². The predicted octanol–water partition coefficient (Wildman–Crippen LogP) is -1.88. The van der Waals surface area contributed by atoms with Crippen LogP contribution >= 0.6 is 0 Å². The van der Waals surface area contributed by atoms with Crippen molar-refractivity contribution >= 4 is 11.6 Å². The number of aliphatic hydroxyl groups is 6. The van der Waals surface area contributed by atoms with Gasteiger partial charge in [-0.05, 0) is 13.0 Å². The van der Waals surface area contributed by atoms with E-state index >= 15 is 0 Å². The molecule has 2 fully saturated rings. The number of phenolic OH excluding ortho intramolecular Hbond substituents is 1. The van der Waals surface area contributed by atoms with Gasteiger partial charge in [-0.2, -0.15) is 0 Å². The zero-order valence-corrected chi connectivity index (χ0v) is 20.6. The number of benzene rings is 2. The fourth-order valence-electron chi connectivity index (χ4n) is 4.83. The predicted molar refractivity (Wildman–Crippen MR) is 127 cm³/mol. The topological polar surface area (TPSA) is 213 Å². The van der Waals surface area contributed by atoms with Crippen LogP contribution in [-0.4, -0.2) is 116 Å². The fraction of sp³-hybridized carbons (Fsp3) is 0.462. The van der Waals surface area contributed by atoms with Crippen molar-refractivity contribution in [3.05, 3.63) is 58.1 Å². The highest BCUT2D eigenvalue weighted by atomic mass is 16.7. The van der Waals surface area contributed by atoms with E-state index in [0.717, 1.165) is 0 Å². The van der Waals surface area contributed by atoms with Crippen LogP contribution in [-0.2, 0) is 14.2 Å². The van der Waals surface area contributed by atoms with Gasteiger partial charge in [-0.25, -0.2) is 0 Å². The SMILES string of the molecule is Cc1c(O[C@@H]2O[C@H](CO[C@@H]3OC[C@H](O)[C@@H](O)[C@H]3O)[C@H](O)[C@@H](O)[C@H]2O)cc2c(c1O)C(=O)c1ccccc1C2=O. The van der Waals surface area contributed by atoms with Crippen LogP contribution in [0.4, 0.5) is 0 Å². The third-order valence-corrected chi connectivity index (χ3v) is 7.19. The van der Waals surface area contributed by atoms with Crippen molar-refractivity contribution < 1.29 is 64.3 Å². The van der Waals surface area contributed by atoms with Crippen LogP contribution in [0.1, 0.15) is 37.4 Å². The Labute approximate surface area is 221 Å². The summed E-state index contributed by atoms with van der Waals surface area (Å²) in [4.78, 5) is 26.1. The Morgan fingerprint density at radius 2 is 1.49 bits per heavy atom. The number of rotatable bonds is 5. The van der Waals surface area contributed by atoms with Crippen molar-refractivity contribution in [2.75, 3.05) is 13.2 Å². The van der Waals surface area contributed by atoms with Crippen molar-refractivity contribution in [2.45, 2.75) is 62.2 Å². The van der Waals surface area contributed by atoms with E-state index in [9.17, 15) is 45.3 Å². The summed E-state index contributed by atoms with van der Waals surface area (Å²) in [5, 5.41) is 71.6. The van der Waals surface area contributed by atoms with E-state index in [0.29, 0.717) is 0 Å². The molecule has 0 saturated carbocycles. The van der Waals surface area contributed by atoms with Crippen LogP contribution in [0, 0.1) is 6.92 Å². The summed E-state index contributed by atoms with van der Waals surface area (Å²) in [6.07, 6.45) is -14.0. The molecule has 0 radical (unpaired) electrons. The second kappa shape index (κ2) is 10.5. The number of aromatic hydroxyl groups is 1. The minimum atomic E-state index is -1.78. The second-order valence-corrected chi connectivity index (χ2v) is 9.69. The molecule has 210 valence electrons. The Bertz CT molecular complexity index is 1280. The van der Waals surface area contributed by atoms with Crippen molar-refractivity contribution in [1.29, 1.82) is 0 Å². The van der Waals surface area contributed by atoms with Crippen molar-refractivity contribution in [3.63, 3.8) is 0 Å². The van der Waals surface area contributed by atoms with E-state index in [4.69, 9.17) is 18.9 Å². The monoisotopic (exact) mass is 548 g/mol. The first-order chi connectivity index (χ1) is 18.5. The molecule has 2 aromatic carbocycles. The summed E-state index contributed by atoms with van der Waals surface area (Å²) in [6, 6.07) is 7.41. The molecule has 7 N–H and O–H groups in total. The van der Waals surface area contributed by atoms with Crippen LogP contribution in [0.3, 0.4) is 0 Å². The third-order valence-electron chi connectivity index (χ3n) is 7.19. The van der Waals surface area contributed by atoms with E-state index in [2.05, 4.69) is 0 Å². The van der Waals surface area contributed by atoms with Gasteiger partial charge in [0, 0.05) is 22.3 Å². The number of hydrogen-bond donors (Lipinski definition) is 7. The number of carbonyl (C=O) groups excluding carboxylic acids is 2. The minimum absolute atomic E-state index is 0.0600. The van der Waals surface area contributed by atoms with E-state index in [1.165, 1.54) is 25.1 Å². The Kier molecular flexibility index (Phi) is 7.45. The summed E-state index contributed by atoms with van der Waals surface area (Å²) in [6.45, 7) is 0.607. The molecule has 0 unspecified atom stereocenters. The first-order valence-electron chi connectivity index (χ1n) is 12.2. The molecule has 1 aliphatic carbocycles. The largest absolute Gasteiger partial charge is 0.507 e. The summed E-state index contributed by atoms with van der Waals surface area (Å²) >= 11 is 0. The number of phenols is 1. The lowest BCUT2D eigenvalue weighted by Gasteiger charge is -2.41. The lowest BCUT2D eigenvalue weighted by Crippen LogP contribution is -2.61. The maximum atomic E-state index is 13.1. The van der Waals surface area contributed by atoms with Crippen molar-refractivity contribution in [2.24, 2.45) is 0 Å². The van der Waals surface area contributed by atoms with Crippen LogP contribution in [0.15, 0.2) is 30.3 Å². The summed E-state index contributed by atoms with van der Waals surface area (Å²) in [7, 11) is 0. The fourth-order valence-corrected chi connectivity index (χ4v) is 4.83. The zero-order valence-electron chi connectivity index (χ0n) is 20.6. The van der Waals surface area contributed by atoms with Crippen LogP contribution in [0.25, 0.3) is 0 Å². The van der Waals surface area contributed by atoms with Crippen molar-refractivity contribution in [3.8, 4) is 11.5 Å². The lowest BCUT2D eigenvalue weighted by atomic mass is 9.82. The maximum absolute atomic E-state index is 13.1. The Morgan fingerprint density at radius 1 is 0.846 bits per heavy atom. The van der Waals surface area contributed by atoms with Crippen LogP contribution in [0.2, 0.25) is 0 Å². The van der Waals surface area contributed by atoms with Gasteiger partial charge in [0.1, 0.15) is 54.2 Å². The van der Waals surface area contributed by atoms with Gasteiger partial charge in [-0.3, -0.25) is 9.59 Å². The molecule has 9 atom stereocenters. The molecular formula is C26H28O13. The summed E-state index contributed by atoms with van der Waals surface area (Å²) in [5.41, 5.74) is 0.0577. The molecule has 5 rings (SSSR count). The molecule has 39 heavy (non-hydrogen) atoms. The van der Waals surface area contributed by atoms with E-state index in [1.807, 2.05) is 0 Å². The quantitative estimate of drug-likeness (QED) is 0.186. The molecule has 13 nitrogen and oxygen atoms in total. The van der Waals surface area contributed by atoms with Gasteiger partial charge in [-0.15, -0.1) is 0 Å². The molecule has 2 heterocycles. The molecule has 0 bridgehead atoms. The number of hydrogen-bond acceptors (Lipinski definition) is 13. The number of aliphatic hydroxyl groups excluding tert-OH is 6. The highest BCUT2D eigenvalue weighted by molar-refractivity contribution is 6.29. The van der Waals surface area contributed by atoms with Crippen LogP contribution in [0.5, 0.6) is 11.5 Å². The standard InChI is InChI=1S/C26H28O13/c1-9-14(6-12-16(17(9)28)19(30)11-5-3-2-4-10(11)18(12)29)38-26-24(35)22(33)21(32)15(39-26)8-37-25-23(34)20(31)13(27)7-36-25/h2-6,13,15,20-28,31-35H,7-8H2,1H3/t13-,15+,20+,21-,22+,23+,24+,25-,26+/m0/s1. The lowest BCUT2D eigenvalue weighted by molar-refractivity contribution is -0.307. The minimum Gasteiger partial charge on any atom is -0.507 e. The Hall–Kier alpha value is -2.98. The van der Waals surface area contributed by atoms with E-state index in [1.54, 1.807) is 12.1 Å². The maximum Gasteiger partial charge on any atom is 0.229 e. The highest BCUT2D eigenvalue weighted by Gasteiger charge is 2.47. The van der Waals surface area contributed by atoms with Gasteiger partial charge in [0.05, 0.1) is 18.8 Å². The molecule has 13 heteroatoms. The molecule has 2 saturated heterocycles. The molecule has 0 aromatic heterocycles. The summed E-state index contributed by atoms with van der Waals surface area (Å²) in [5.74, 6) is -1.68. The third kappa shape index (κ3) is 4.71. The molecule has 2 aromatic rings. The average Bonchev–Trinajstić information content (AvgIpc) is 2.93. The van der Waals surface area contributed by atoms with Gasteiger partial charge in [-0.1, -0.05) is 24.3 Å². The average molecular weight is 548 g/mol. The van der Waals surface area contributed by atoms with Gasteiger partial charge in [0.25, 0.3) is 0 Å². The highest BCUT2D eigenvalue weighted by Crippen LogP contribution is 2.40. The Balaban J connectivity index is 1.37. The summed E-state index contributed by atoms with van der Waals surface area (Å²) < 4.78 is 21.9. The normalized spacial score (nSPS) is 34.4. The second-order valence-electron chi connectivity index (χ2n) is 9.69. The molecule has 0 spiro atoms. The Morgan fingerprint density at radius 3 is 2.18 bits per heavy atom. The number of ketones is 2. The van der Waals surface area contributed by atoms with Crippen molar-refractivity contribution in [1.82, 2.24) is 0 Å².